The van der Waals surface area contributed by atoms with E-state index in [4.69, 9.17) is 0 Å². The summed E-state index contributed by atoms with van der Waals surface area (Å²) >= 11 is 0. The Balaban J connectivity index is 1.44. The molecule has 0 unspecified atom stereocenters. The molecule has 0 radical (unpaired) electrons. The van der Waals surface area contributed by atoms with Crippen molar-refractivity contribution in [2.24, 2.45) is 0 Å². The molecule has 1 amide bonds. The van der Waals surface area contributed by atoms with E-state index in [2.05, 4.69) is 34.6 Å². The average molecular weight is 389 g/mol. The summed E-state index contributed by atoms with van der Waals surface area (Å²) in [6, 6.07) is 10.6. The van der Waals surface area contributed by atoms with Crippen molar-refractivity contribution >= 4 is 11.6 Å². The van der Waals surface area contributed by atoms with Gasteiger partial charge in [0.05, 0.1) is 11.3 Å². The normalized spacial score (nSPS) is 11.7. The molecule has 0 fully saturated rings. The van der Waals surface area contributed by atoms with E-state index in [9.17, 15) is 18.0 Å². The van der Waals surface area contributed by atoms with Crippen molar-refractivity contribution in [2.45, 2.75) is 38.8 Å². The number of amides is 1. The fourth-order valence-electron chi connectivity index (χ4n) is 2.96. The molecule has 2 aromatic heterocycles. The maximum absolute atomic E-state index is 12.8. The molecular formula is C21H22F3N3O. The van der Waals surface area contributed by atoms with E-state index in [0.29, 0.717) is 30.7 Å². The van der Waals surface area contributed by atoms with Gasteiger partial charge in [-0.05, 0) is 37.5 Å². The van der Waals surface area contributed by atoms with Gasteiger partial charge >= 0.3 is 6.18 Å². The quantitative estimate of drug-likeness (QED) is 0.653. The van der Waals surface area contributed by atoms with Crippen LogP contribution in [0.1, 0.15) is 35.2 Å². The van der Waals surface area contributed by atoms with E-state index >= 15 is 0 Å². The summed E-state index contributed by atoms with van der Waals surface area (Å²) in [7, 11) is 0. The second kappa shape index (κ2) is 8.46. The predicted molar refractivity (Wildman–Crippen MR) is 101 cm³/mol. The number of hydrogen-bond acceptors (Lipinski definition) is 2. The van der Waals surface area contributed by atoms with Crippen LogP contribution in [0, 0.1) is 6.92 Å². The molecule has 4 nitrogen and oxygen atoms in total. The fraction of sp³-hybridized carbons (Fsp3) is 0.333. The molecule has 0 aliphatic rings. The summed E-state index contributed by atoms with van der Waals surface area (Å²) in [5.74, 6) is -0.0322. The molecule has 3 aromatic rings. The lowest BCUT2D eigenvalue weighted by Gasteiger charge is -2.05. The van der Waals surface area contributed by atoms with E-state index in [1.165, 1.54) is 21.6 Å². The highest BCUT2D eigenvalue weighted by Crippen LogP contribution is 2.29. The van der Waals surface area contributed by atoms with Crippen LogP contribution in [-0.4, -0.2) is 21.8 Å². The largest absolute Gasteiger partial charge is 0.417 e. The number of carbonyl (C=O) groups is 1. The van der Waals surface area contributed by atoms with Crippen LogP contribution in [0.5, 0.6) is 0 Å². The lowest BCUT2D eigenvalue weighted by molar-refractivity contribution is -0.137. The minimum atomic E-state index is -4.38. The number of rotatable bonds is 7. The number of benzene rings is 1. The Morgan fingerprint density at radius 2 is 1.82 bits per heavy atom. The smallest absolute Gasteiger partial charge is 0.356 e. The zero-order valence-electron chi connectivity index (χ0n) is 15.6. The van der Waals surface area contributed by atoms with Gasteiger partial charge in [0.15, 0.2) is 0 Å². The molecule has 1 N–H and O–H groups in total. The first-order valence-electron chi connectivity index (χ1n) is 9.18. The van der Waals surface area contributed by atoms with Gasteiger partial charge in [-0.1, -0.05) is 29.8 Å². The third-order valence-corrected chi connectivity index (χ3v) is 4.52. The standard InChI is InChI=1S/C21H22F3N3O/c1-15-5-7-16(8-6-15)3-2-4-20(28)25-12-11-18-14-27-13-17(21(22,23)24)9-10-19(27)26-18/h5-10,13-14H,2-4,11-12H2,1H3,(H,25,28). The van der Waals surface area contributed by atoms with Gasteiger partial charge < -0.3 is 9.72 Å². The lowest BCUT2D eigenvalue weighted by atomic mass is 10.1. The summed E-state index contributed by atoms with van der Waals surface area (Å²) in [5.41, 5.74) is 2.79. The van der Waals surface area contributed by atoms with E-state index in [1.54, 1.807) is 6.20 Å². The first-order chi connectivity index (χ1) is 13.3. The highest BCUT2D eigenvalue weighted by atomic mass is 19.4. The number of halogens is 3. The number of hydrogen-bond donors (Lipinski definition) is 1. The number of aromatic nitrogens is 2. The molecule has 7 heteroatoms. The van der Waals surface area contributed by atoms with Crippen LogP contribution < -0.4 is 5.32 Å². The molecule has 0 aliphatic carbocycles. The highest BCUT2D eigenvalue weighted by molar-refractivity contribution is 5.75. The van der Waals surface area contributed by atoms with Gasteiger partial charge in [0, 0.05) is 31.8 Å². The molecule has 0 atom stereocenters. The lowest BCUT2D eigenvalue weighted by Crippen LogP contribution is -2.25. The predicted octanol–water partition coefficient (Wildman–Crippen LogP) is 4.34. The number of aryl methyl sites for hydroxylation is 2. The molecular weight excluding hydrogens is 367 g/mol. The van der Waals surface area contributed by atoms with Crippen molar-refractivity contribution in [1.29, 1.82) is 0 Å². The number of pyridine rings is 1. The summed E-state index contributed by atoms with van der Waals surface area (Å²) in [6.07, 6.45) is 0.723. The van der Waals surface area contributed by atoms with Crippen LogP contribution in [0.3, 0.4) is 0 Å². The van der Waals surface area contributed by atoms with Crippen LogP contribution in [0.15, 0.2) is 48.8 Å². The molecule has 0 spiro atoms. The van der Waals surface area contributed by atoms with E-state index in [-0.39, 0.29) is 5.91 Å². The second-order valence-corrected chi connectivity index (χ2v) is 6.85. The second-order valence-electron chi connectivity index (χ2n) is 6.85. The first-order valence-corrected chi connectivity index (χ1v) is 9.18. The van der Waals surface area contributed by atoms with Gasteiger partial charge in [-0.25, -0.2) is 4.98 Å². The number of nitrogens with zero attached hydrogens (tertiary/aromatic N) is 2. The Labute approximate surface area is 161 Å². The first kappa shape index (κ1) is 19.9. The highest BCUT2D eigenvalue weighted by Gasteiger charge is 2.30. The van der Waals surface area contributed by atoms with Gasteiger partial charge in [0.2, 0.25) is 5.91 Å². The van der Waals surface area contributed by atoms with Crippen LogP contribution in [0.25, 0.3) is 5.65 Å². The van der Waals surface area contributed by atoms with Gasteiger partial charge in [0.25, 0.3) is 0 Å². The Morgan fingerprint density at radius 3 is 2.54 bits per heavy atom. The van der Waals surface area contributed by atoms with E-state index in [0.717, 1.165) is 25.1 Å². The van der Waals surface area contributed by atoms with E-state index in [1.807, 2.05) is 6.92 Å². The molecule has 148 valence electrons. The monoisotopic (exact) mass is 389 g/mol. The van der Waals surface area contributed by atoms with E-state index < -0.39 is 11.7 Å². The zero-order valence-corrected chi connectivity index (χ0v) is 15.6. The SMILES string of the molecule is Cc1ccc(CCCC(=O)NCCc2cn3cc(C(F)(F)F)ccc3n2)cc1. The van der Waals surface area contributed by atoms with Crippen LogP contribution >= 0.6 is 0 Å². The number of alkyl halides is 3. The topological polar surface area (TPSA) is 46.4 Å². The number of imidazole rings is 1. The molecule has 0 saturated heterocycles. The number of nitrogens with one attached hydrogen (secondary N) is 1. The van der Waals surface area contributed by atoms with Crippen molar-refractivity contribution in [3.05, 3.63) is 71.2 Å². The van der Waals surface area contributed by atoms with Crippen LogP contribution in [0.4, 0.5) is 13.2 Å². The maximum Gasteiger partial charge on any atom is 0.417 e. The Bertz CT molecular complexity index is 946. The van der Waals surface area contributed by atoms with Gasteiger partial charge in [-0.3, -0.25) is 4.79 Å². The molecule has 0 aliphatic heterocycles. The Kier molecular flexibility index (Phi) is 6.02. The minimum Gasteiger partial charge on any atom is -0.356 e. The summed E-state index contributed by atoms with van der Waals surface area (Å²) in [5, 5.41) is 2.84. The average Bonchev–Trinajstić information content (AvgIpc) is 3.04. The third-order valence-electron chi connectivity index (χ3n) is 4.52. The van der Waals surface area contributed by atoms with Crippen LogP contribution in [0.2, 0.25) is 0 Å². The van der Waals surface area contributed by atoms with Crippen molar-refractivity contribution < 1.29 is 18.0 Å². The maximum atomic E-state index is 12.8. The molecule has 0 bridgehead atoms. The summed E-state index contributed by atoms with van der Waals surface area (Å²) in [6.45, 7) is 2.44. The minimum absolute atomic E-state index is 0.0322. The van der Waals surface area contributed by atoms with Crippen LogP contribution in [-0.2, 0) is 23.8 Å². The van der Waals surface area contributed by atoms with Gasteiger partial charge in [-0.15, -0.1) is 0 Å². The molecule has 1 aromatic carbocycles. The van der Waals surface area contributed by atoms with Gasteiger partial charge in [0.1, 0.15) is 5.65 Å². The van der Waals surface area contributed by atoms with Crippen molar-refractivity contribution in [3.63, 3.8) is 0 Å². The Hall–Kier alpha value is -2.83. The van der Waals surface area contributed by atoms with Gasteiger partial charge in [-0.2, -0.15) is 13.2 Å². The van der Waals surface area contributed by atoms with Crippen molar-refractivity contribution in [1.82, 2.24) is 14.7 Å². The summed E-state index contributed by atoms with van der Waals surface area (Å²) in [4.78, 5) is 16.2. The Morgan fingerprint density at radius 1 is 1.07 bits per heavy atom. The molecule has 28 heavy (non-hydrogen) atoms. The summed E-state index contributed by atoms with van der Waals surface area (Å²) < 4.78 is 39.6. The molecule has 0 saturated carbocycles. The zero-order chi connectivity index (χ0) is 20.1. The third kappa shape index (κ3) is 5.34. The molecule has 3 rings (SSSR count). The van der Waals surface area contributed by atoms with Crippen molar-refractivity contribution in [2.75, 3.05) is 6.54 Å². The number of carbonyl (C=O) groups excluding carboxylic acids is 1. The number of fused-ring (bicyclic) bond motifs is 1. The fourth-order valence-corrected chi connectivity index (χ4v) is 2.96. The molecule has 2 heterocycles. The van der Waals surface area contributed by atoms with Crippen molar-refractivity contribution in [3.8, 4) is 0 Å².